The molecule has 0 aliphatic heterocycles. The number of pyridine rings is 1. The summed E-state index contributed by atoms with van der Waals surface area (Å²) in [6.07, 6.45) is 2.98. The standard InChI is InChI=1S/C18H21F3N4O3S/c19-18(20,21)15-9-25(11-23-15)14(7-12-3-1-2-4-12)17(26)24-16-6-5-13(8-22-16)10-29(27)28/h5-6,8-9,11-12,14H,1-4,7,10H2,(H,27,28)(H,22,24,26)/p-1/t14-/m0/s1. The molecule has 0 bridgehead atoms. The van der Waals surface area contributed by atoms with E-state index >= 15 is 0 Å². The molecule has 1 unspecified atom stereocenters. The zero-order valence-corrected chi connectivity index (χ0v) is 16.2. The predicted octanol–water partition coefficient (Wildman–Crippen LogP) is 3.44. The zero-order valence-electron chi connectivity index (χ0n) is 15.4. The number of aromatic nitrogens is 3. The van der Waals surface area contributed by atoms with Gasteiger partial charge in [0.05, 0.1) is 6.33 Å². The van der Waals surface area contributed by atoms with Crippen molar-refractivity contribution in [3.63, 3.8) is 0 Å². The minimum atomic E-state index is -4.58. The number of anilines is 1. The first kappa shape index (κ1) is 21.4. The van der Waals surface area contributed by atoms with Crippen molar-refractivity contribution in [1.29, 1.82) is 0 Å². The van der Waals surface area contributed by atoms with Crippen LogP contribution in [0, 0.1) is 5.92 Å². The monoisotopic (exact) mass is 429 g/mol. The molecule has 158 valence electrons. The Hall–Kier alpha value is -2.27. The lowest BCUT2D eigenvalue weighted by molar-refractivity contribution is -0.141. The van der Waals surface area contributed by atoms with E-state index in [2.05, 4.69) is 15.3 Å². The van der Waals surface area contributed by atoms with Gasteiger partial charge in [-0.2, -0.15) is 13.2 Å². The van der Waals surface area contributed by atoms with Crippen LogP contribution in [0.5, 0.6) is 0 Å². The van der Waals surface area contributed by atoms with Gasteiger partial charge in [0.2, 0.25) is 5.91 Å². The van der Waals surface area contributed by atoms with Crippen LogP contribution in [0.15, 0.2) is 30.9 Å². The average Bonchev–Trinajstić information content (AvgIpc) is 3.32. The van der Waals surface area contributed by atoms with Gasteiger partial charge in [-0.3, -0.25) is 9.00 Å². The fourth-order valence-electron chi connectivity index (χ4n) is 3.51. The van der Waals surface area contributed by atoms with E-state index in [4.69, 9.17) is 0 Å². The number of nitrogens with one attached hydrogen (secondary N) is 1. The summed E-state index contributed by atoms with van der Waals surface area (Å²) < 4.78 is 61.4. The highest BCUT2D eigenvalue weighted by molar-refractivity contribution is 7.78. The van der Waals surface area contributed by atoms with E-state index in [-0.39, 0.29) is 17.5 Å². The number of halogens is 3. The van der Waals surface area contributed by atoms with Crippen LogP contribution in [0.3, 0.4) is 0 Å². The molecule has 1 aliphatic carbocycles. The summed E-state index contributed by atoms with van der Waals surface area (Å²) in [6.45, 7) is 0. The van der Waals surface area contributed by atoms with E-state index in [1.54, 1.807) is 0 Å². The molecule has 0 spiro atoms. The molecule has 2 aromatic heterocycles. The second-order valence-corrected chi connectivity index (χ2v) is 7.99. The molecule has 1 amide bonds. The summed E-state index contributed by atoms with van der Waals surface area (Å²) in [5.41, 5.74) is -0.585. The number of rotatable bonds is 7. The number of nitrogens with zero attached hydrogens (tertiary/aromatic N) is 3. The lowest BCUT2D eigenvalue weighted by Crippen LogP contribution is -2.27. The van der Waals surface area contributed by atoms with Crippen LogP contribution >= 0.6 is 0 Å². The quantitative estimate of drug-likeness (QED) is 0.680. The molecule has 11 heteroatoms. The van der Waals surface area contributed by atoms with Crippen molar-refractivity contribution >= 4 is 22.8 Å². The van der Waals surface area contributed by atoms with E-state index in [1.807, 2.05) is 0 Å². The molecule has 2 atom stereocenters. The highest BCUT2D eigenvalue weighted by atomic mass is 32.2. The zero-order chi connectivity index (χ0) is 21.0. The Morgan fingerprint density at radius 2 is 2.03 bits per heavy atom. The molecule has 1 aliphatic rings. The van der Waals surface area contributed by atoms with Gasteiger partial charge < -0.3 is 14.4 Å². The van der Waals surface area contributed by atoms with Gasteiger partial charge in [-0.05, 0) is 24.0 Å². The number of hydrogen-bond donors (Lipinski definition) is 1. The van der Waals surface area contributed by atoms with Gasteiger partial charge in [-0.1, -0.05) is 42.8 Å². The topological polar surface area (TPSA) is 99.9 Å². The maximum absolute atomic E-state index is 12.9. The minimum absolute atomic E-state index is 0.194. The van der Waals surface area contributed by atoms with Crippen molar-refractivity contribution in [1.82, 2.24) is 14.5 Å². The Kier molecular flexibility index (Phi) is 6.68. The third-order valence-corrected chi connectivity index (χ3v) is 5.52. The highest BCUT2D eigenvalue weighted by Crippen LogP contribution is 2.34. The molecule has 7 nitrogen and oxygen atoms in total. The highest BCUT2D eigenvalue weighted by Gasteiger charge is 2.35. The van der Waals surface area contributed by atoms with Crippen molar-refractivity contribution in [3.8, 4) is 0 Å². The summed E-state index contributed by atoms with van der Waals surface area (Å²) in [6, 6.07) is 2.13. The Morgan fingerprint density at radius 3 is 2.59 bits per heavy atom. The molecule has 2 heterocycles. The second kappa shape index (κ2) is 9.04. The van der Waals surface area contributed by atoms with Gasteiger partial charge in [0.25, 0.3) is 0 Å². The number of carbonyl (C=O) groups is 1. The number of amides is 1. The normalized spacial score (nSPS) is 17.2. The maximum atomic E-state index is 12.9. The summed E-state index contributed by atoms with van der Waals surface area (Å²) in [7, 11) is 0. The fourth-order valence-corrected chi connectivity index (χ4v) is 3.95. The number of carbonyl (C=O) groups excluding carboxylic acids is 1. The first-order valence-electron chi connectivity index (χ1n) is 9.14. The van der Waals surface area contributed by atoms with Crippen molar-refractivity contribution in [2.24, 2.45) is 5.92 Å². The van der Waals surface area contributed by atoms with Gasteiger partial charge in [-0.25, -0.2) is 9.97 Å². The minimum Gasteiger partial charge on any atom is -0.772 e. The lowest BCUT2D eigenvalue weighted by Gasteiger charge is -2.21. The molecule has 0 radical (unpaired) electrons. The van der Waals surface area contributed by atoms with Crippen LogP contribution in [0.4, 0.5) is 19.0 Å². The molecule has 1 fully saturated rings. The van der Waals surface area contributed by atoms with E-state index < -0.39 is 34.9 Å². The summed E-state index contributed by atoms with van der Waals surface area (Å²) in [4.78, 5) is 20.3. The van der Waals surface area contributed by atoms with E-state index in [1.165, 1.54) is 22.9 Å². The van der Waals surface area contributed by atoms with Crippen molar-refractivity contribution in [2.45, 2.75) is 50.1 Å². The smallest absolute Gasteiger partial charge is 0.434 e. The molecule has 1 saturated carbocycles. The largest absolute Gasteiger partial charge is 0.772 e. The Labute approximate surface area is 168 Å². The van der Waals surface area contributed by atoms with E-state index in [0.717, 1.165) is 38.2 Å². The molecular weight excluding hydrogens is 409 g/mol. The molecule has 2 aromatic rings. The van der Waals surface area contributed by atoms with Crippen molar-refractivity contribution < 1.29 is 26.7 Å². The van der Waals surface area contributed by atoms with Crippen molar-refractivity contribution in [2.75, 3.05) is 5.32 Å². The van der Waals surface area contributed by atoms with Gasteiger partial charge >= 0.3 is 6.18 Å². The molecule has 0 saturated heterocycles. The van der Waals surface area contributed by atoms with Crippen molar-refractivity contribution in [3.05, 3.63) is 42.1 Å². The van der Waals surface area contributed by atoms with Crippen LogP contribution in [0.1, 0.15) is 49.4 Å². The molecule has 1 N–H and O–H groups in total. The predicted molar refractivity (Wildman–Crippen MR) is 98.3 cm³/mol. The van der Waals surface area contributed by atoms with Crippen LogP contribution in [0.25, 0.3) is 0 Å². The average molecular weight is 429 g/mol. The lowest BCUT2D eigenvalue weighted by atomic mass is 9.97. The first-order valence-corrected chi connectivity index (χ1v) is 10.4. The van der Waals surface area contributed by atoms with E-state index in [0.29, 0.717) is 12.0 Å². The van der Waals surface area contributed by atoms with Crippen LogP contribution in [-0.2, 0) is 27.8 Å². The maximum Gasteiger partial charge on any atom is 0.434 e. The summed E-state index contributed by atoms with van der Waals surface area (Å²) in [5, 5.41) is 2.61. The second-order valence-electron chi connectivity index (χ2n) is 7.09. The van der Waals surface area contributed by atoms with Gasteiger partial charge in [-0.15, -0.1) is 0 Å². The Morgan fingerprint density at radius 1 is 1.31 bits per heavy atom. The molecule has 3 rings (SSSR count). The number of imidazole rings is 1. The van der Waals surface area contributed by atoms with E-state index in [9.17, 15) is 26.7 Å². The third kappa shape index (κ3) is 5.86. The SMILES string of the molecule is O=C(Nc1ccc(CS(=O)[O-])cn1)[C@H](CC1CCCC1)n1cnc(C(F)(F)F)c1. The summed E-state index contributed by atoms with van der Waals surface area (Å²) in [5.74, 6) is -0.232. The van der Waals surface area contributed by atoms with Crippen LogP contribution < -0.4 is 5.32 Å². The number of hydrogen-bond acceptors (Lipinski definition) is 5. The summed E-state index contributed by atoms with van der Waals surface area (Å²) >= 11 is -2.25. The Bertz CT molecular complexity index is 864. The molecular formula is C18H20F3N4O3S-. The fraction of sp³-hybridized carbons (Fsp3) is 0.500. The molecule has 0 aromatic carbocycles. The molecule has 29 heavy (non-hydrogen) atoms. The first-order chi connectivity index (χ1) is 13.7. The van der Waals surface area contributed by atoms with Gasteiger partial charge in [0.1, 0.15) is 11.9 Å². The van der Waals surface area contributed by atoms with Gasteiger partial charge in [0, 0.05) is 18.1 Å². The van der Waals surface area contributed by atoms with Gasteiger partial charge in [0.15, 0.2) is 5.69 Å². The Balaban J connectivity index is 1.76. The van der Waals surface area contributed by atoms with Crippen LogP contribution in [-0.4, -0.2) is 29.2 Å². The third-order valence-electron chi connectivity index (χ3n) is 4.95. The number of alkyl halides is 3. The van der Waals surface area contributed by atoms with Crippen LogP contribution in [0.2, 0.25) is 0 Å².